The first kappa shape index (κ1) is 11.3. The highest BCUT2D eigenvalue weighted by atomic mass is 16.5. The lowest BCUT2D eigenvalue weighted by atomic mass is 9.69. The molecule has 1 aliphatic carbocycles. The van der Waals surface area contributed by atoms with E-state index in [-0.39, 0.29) is 5.41 Å². The van der Waals surface area contributed by atoms with Crippen molar-refractivity contribution < 1.29 is 4.52 Å². The summed E-state index contributed by atoms with van der Waals surface area (Å²) in [7, 11) is 0. The summed E-state index contributed by atoms with van der Waals surface area (Å²) in [4.78, 5) is 8.78. The van der Waals surface area contributed by atoms with Crippen molar-refractivity contribution in [3.8, 4) is 11.5 Å². The van der Waals surface area contributed by atoms with Gasteiger partial charge in [-0.1, -0.05) is 17.6 Å². The Hall–Kier alpha value is -1.75. The minimum Gasteiger partial charge on any atom is -0.338 e. The Morgan fingerprint density at radius 1 is 1.44 bits per heavy atom. The lowest BCUT2D eigenvalue weighted by Gasteiger charge is -2.36. The van der Waals surface area contributed by atoms with E-state index in [1.807, 2.05) is 19.1 Å². The number of pyridine rings is 1. The Labute approximate surface area is 105 Å². The van der Waals surface area contributed by atoms with E-state index < -0.39 is 0 Å². The van der Waals surface area contributed by atoms with Crippen molar-refractivity contribution >= 4 is 0 Å². The molecule has 2 heterocycles. The van der Waals surface area contributed by atoms with Crippen molar-refractivity contribution in [3.63, 3.8) is 0 Å². The fourth-order valence-corrected chi connectivity index (χ4v) is 2.36. The minimum atomic E-state index is -0.0894. The molecule has 0 radical (unpaired) electrons. The van der Waals surface area contributed by atoms with Crippen LogP contribution in [0.1, 0.15) is 30.7 Å². The third-order valence-electron chi connectivity index (χ3n) is 3.80. The molecule has 5 nitrogen and oxygen atoms in total. The van der Waals surface area contributed by atoms with E-state index in [1.165, 1.54) is 6.42 Å². The van der Waals surface area contributed by atoms with Gasteiger partial charge in [-0.05, 0) is 31.4 Å². The molecule has 18 heavy (non-hydrogen) atoms. The van der Waals surface area contributed by atoms with Gasteiger partial charge >= 0.3 is 0 Å². The highest BCUT2D eigenvalue weighted by Gasteiger charge is 2.42. The number of hydrogen-bond acceptors (Lipinski definition) is 5. The lowest BCUT2D eigenvalue weighted by molar-refractivity contribution is 0.182. The molecule has 0 saturated heterocycles. The van der Waals surface area contributed by atoms with Crippen molar-refractivity contribution in [2.75, 3.05) is 6.54 Å². The molecule has 0 bridgehead atoms. The number of hydrogen-bond donors (Lipinski definition) is 1. The zero-order valence-corrected chi connectivity index (χ0v) is 10.4. The van der Waals surface area contributed by atoms with Crippen LogP contribution in [0.2, 0.25) is 0 Å². The second kappa shape index (κ2) is 4.17. The largest absolute Gasteiger partial charge is 0.338 e. The zero-order valence-electron chi connectivity index (χ0n) is 10.4. The first-order valence-electron chi connectivity index (χ1n) is 6.21. The fraction of sp³-hybridized carbons (Fsp3) is 0.462. The molecule has 0 aromatic carbocycles. The third kappa shape index (κ3) is 1.62. The first-order valence-corrected chi connectivity index (χ1v) is 6.21. The average molecular weight is 244 g/mol. The van der Waals surface area contributed by atoms with Crippen LogP contribution in [-0.4, -0.2) is 21.7 Å². The maximum absolute atomic E-state index is 5.84. The molecule has 0 spiro atoms. The fourth-order valence-electron chi connectivity index (χ4n) is 2.36. The van der Waals surface area contributed by atoms with E-state index in [4.69, 9.17) is 10.3 Å². The summed E-state index contributed by atoms with van der Waals surface area (Å²) in [5.41, 5.74) is 7.56. The molecule has 1 saturated carbocycles. The molecular weight excluding hydrogens is 228 g/mol. The normalized spacial score (nSPS) is 17.4. The molecule has 0 unspecified atom stereocenters. The molecule has 3 rings (SSSR count). The third-order valence-corrected chi connectivity index (χ3v) is 3.80. The minimum absolute atomic E-state index is 0.0894. The Kier molecular flexibility index (Phi) is 2.63. The number of nitrogens with zero attached hydrogens (tertiary/aromatic N) is 3. The van der Waals surface area contributed by atoms with Crippen LogP contribution in [0.25, 0.3) is 11.5 Å². The van der Waals surface area contributed by atoms with Gasteiger partial charge in [0.25, 0.3) is 0 Å². The average Bonchev–Trinajstić information content (AvgIpc) is 2.79. The van der Waals surface area contributed by atoms with Gasteiger partial charge in [0.15, 0.2) is 0 Å². The summed E-state index contributed by atoms with van der Waals surface area (Å²) in [5.74, 6) is 1.22. The molecule has 0 atom stereocenters. The summed E-state index contributed by atoms with van der Waals surface area (Å²) < 4.78 is 5.39. The smallest absolute Gasteiger partial charge is 0.234 e. The van der Waals surface area contributed by atoms with Crippen molar-refractivity contribution in [2.45, 2.75) is 31.6 Å². The van der Waals surface area contributed by atoms with Crippen LogP contribution in [0.4, 0.5) is 0 Å². The molecular formula is C13H16N4O. The number of aryl methyl sites for hydroxylation is 1. The van der Waals surface area contributed by atoms with Gasteiger partial charge in [0, 0.05) is 12.7 Å². The molecule has 0 aliphatic heterocycles. The maximum atomic E-state index is 5.84. The topological polar surface area (TPSA) is 77.8 Å². The van der Waals surface area contributed by atoms with Crippen LogP contribution in [0, 0.1) is 6.92 Å². The maximum Gasteiger partial charge on any atom is 0.234 e. The van der Waals surface area contributed by atoms with Gasteiger partial charge in [-0.25, -0.2) is 0 Å². The van der Waals surface area contributed by atoms with Crippen molar-refractivity contribution in [1.82, 2.24) is 15.1 Å². The molecule has 1 fully saturated rings. The Morgan fingerprint density at radius 2 is 2.28 bits per heavy atom. The second-order valence-corrected chi connectivity index (χ2v) is 4.93. The quantitative estimate of drug-likeness (QED) is 0.891. The first-order chi connectivity index (χ1) is 8.75. The molecule has 0 amide bonds. The van der Waals surface area contributed by atoms with Crippen LogP contribution in [0.3, 0.4) is 0 Å². The van der Waals surface area contributed by atoms with E-state index in [1.54, 1.807) is 6.20 Å². The van der Waals surface area contributed by atoms with Crippen molar-refractivity contribution in [3.05, 3.63) is 29.8 Å². The van der Waals surface area contributed by atoms with Crippen LogP contribution >= 0.6 is 0 Å². The van der Waals surface area contributed by atoms with E-state index in [9.17, 15) is 0 Å². The zero-order chi connectivity index (χ0) is 12.6. The van der Waals surface area contributed by atoms with Gasteiger partial charge in [-0.15, -0.1) is 0 Å². The van der Waals surface area contributed by atoms with Crippen molar-refractivity contribution in [1.29, 1.82) is 0 Å². The Morgan fingerprint density at radius 3 is 2.89 bits per heavy atom. The molecule has 5 heteroatoms. The molecule has 2 N–H and O–H groups in total. The van der Waals surface area contributed by atoms with Crippen molar-refractivity contribution in [2.24, 2.45) is 5.73 Å². The lowest BCUT2D eigenvalue weighted by Crippen LogP contribution is -2.41. The SMILES string of the molecule is Cc1cccnc1-c1noc(C2(CN)CCC2)n1. The monoisotopic (exact) mass is 244 g/mol. The molecule has 94 valence electrons. The molecule has 2 aromatic rings. The van der Waals surface area contributed by atoms with E-state index in [2.05, 4.69) is 15.1 Å². The summed E-state index contributed by atoms with van der Waals surface area (Å²) >= 11 is 0. The predicted molar refractivity (Wildman–Crippen MR) is 66.8 cm³/mol. The Balaban J connectivity index is 1.97. The summed E-state index contributed by atoms with van der Waals surface area (Å²) in [6, 6.07) is 3.88. The summed E-state index contributed by atoms with van der Waals surface area (Å²) in [6.07, 6.45) is 4.98. The predicted octanol–water partition coefficient (Wildman–Crippen LogP) is 1.82. The van der Waals surface area contributed by atoms with Crippen LogP contribution in [0.15, 0.2) is 22.9 Å². The van der Waals surface area contributed by atoms with Crippen LogP contribution in [0.5, 0.6) is 0 Å². The number of rotatable bonds is 3. The van der Waals surface area contributed by atoms with Crippen LogP contribution in [-0.2, 0) is 5.41 Å². The van der Waals surface area contributed by atoms with Gasteiger partial charge in [-0.3, -0.25) is 4.98 Å². The standard InChI is InChI=1S/C13H16N4O/c1-9-4-2-7-15-10(9)11-16-12(18-17-11)13(8-14)5-3-6-13/h2,4,7H,3,5-6,8,14H2,1H3. The van der Waals surface area contributed by atoms with Gasteiger partial charge in [0.05, 0.1) is 5.41 Å². The molecule has 1 aliphatic rings. The summed E-state index contributed by atoms with van der Waals surface area (Å²) in [5, 5.41) is 4.04. The number of nitrogens with two attached hydrogens (primary N) is 1. The second-order valence-electron chi connectivity index (χ2n) is 4.93. The van der Waals surface area contributed by atoms with Gasteiger partial charge in [0.1, 0.15) is 5.69 Å². The Bertz CT molecular complexity index is 554. The van der Waals surface area contributed by atoms with Gasteiger partial charge < -0.3 is 10.3 Å². The number of aromatic nitrogens is 3. The van der Waals surface area contributed by atoms with Gasteiger partial charge in [0.2, 0.25) is 11.7 Å². The van der Waals surface area contributed by atoms with E-state index in [0.717, 1.165) is 24.1 Å². The highest BCUT2D eigenvalue weighted by Crippen LogP contribution is 2.42. The molecule has 2 aromatic heterocycles. The van der Waals surface area contributed by atoms with E-state index >= 15 is 0 Å². The van der Waals surface area contributed by atoms with E-state index in [0.29, 0.717) is 18.3 Å². The summed E-state index contributed by atoms with van der Waals surface area (Å²) in [6.45, 7) is 2.55. The highest BCUT2D eigenvalue weighted by molar-refractivity contribution is 5.53. The van der Waals surface area contributed by atoms with Gasteiger partial charge in [-0.2, -0.15) is 4.98 Å². The van der Waals surface area contributed by atoms with Crippen LogP contribution < -0.4 is 5.73 Å².